The van der Waals surface area contributed by atoms with Crippen molar-refractivity contribution in [2.45, 2.75) is 5.54 Å². The quantitative estimate of drug-likeness (QED) is 0.776. The molecule has 0 amide bonds. The zero-order valence-electron chi connectivity index (χ0n) is 9.06. The zero-order valence-corrected chi connectivity index (χ0v) is 9.06. The van der Waals surface area contributed by atoms with E-state index < -0.39 is 0 Å². The largest absolute Gasteiger partial charge is 0.375 e. The van der Waals surface area contributed by atoms with Gasteiger partial charge in [0.05, 0.1) is 5.54 Å². The predicted molar refractivity (Wildman–Crippen MR) is 67.6 cm³/mol. The van der Waals surface area contributed by atoms with Crippen LogP contribution in [0.4, 0.5) is 0 Å². The molecule has 80 valence electrons. The van der Waals surface area contributed by atoms with Crippen LogP contribution in [0.2, 0.25) is 0 Å². The molecule has 0 spiro atoms. The molecule has 1 aliphatic rings. The zero-order chi connectivity index (χ0) is 11.4. The van der Waals surface area contributed by atoms with Crippen molar-refractivity contribution >= 4 is 5.57 Å². The Morgan fingerprint density at radius 1 is 1.19 bits per heavy atom. The Labute approximate surface area is 95.7 Å². The average Bonchev–Trinajstić information content (AvgIpc) is 2.40. The summed E-state index contributed by atoms with van der Waals surface area (Å²) in [4.78, 5) is 4.01. The van der Waals surface area contributed by atoms with Gasteiger partial charge in [-0.05, 0) is 41.6 Å². The van der Waals surface area contributed by atoms with Crippen LogP contribution in [0.15, 0.2) is 68.2 Å². The summed E-state index contributed by atoms with van der Waals surface area (Å²) in [6.45, 7) is 7.66. The van der Waals surface area contributed by atoms with Gasteiger partial charge in [-0.15, -0.1) is 13.2 Å². The first-order chi connectivity index (χ1) is 7.79. The van der Waals surface area contributed by atoms with Crippen molar-refractivity contribution in [1.82, 2.24) is 10.3 Å². The predicted octanol–water partition coefficient (Wildman–Crippen LogP) is 2.69. The fraction of sp³-hybridized carbons (Fsp3) is 0.0714. The first kappa shape index (κ1) is 10.4. The molecule has 1 aromatic rings. The maximum absolute atomic E-state index is 4.01. The third-order valence-electron chi connectivity index (χ3n) is 2.68. The van der Waals surface area contributed by atoms with E-state index in [-0.39, 0.29) is 5.54 Å². The fourth-order valence-corrected chi connectivity index (χ4v) is 1.67. The summed E-state index contributed by atoms with van der Waals surface area (Å²) < 4.78 is 0. The number of aromatic nitrogens is 1. The van der Waals surface area contributed by atoms with Crippen molar-refractivity contribution in [3.05, 3.63) is 73.8 Å². The highest BCUT2D eigenvalue weighted by atomic mass is 14.9. The Bertz CT molecular complexity index is 447. The summed E-state index contributed by atoms with van der Waals surface area (Å²) in [6.07, 6.45) is 13.3. The Morgan fingerprint density at radius 2 is 1.88 bits per heavy atom. The second kappa shape index (κ2) is 4.19. The van der Waals surface area contributed by atoms with Crippen LogP contribution in [0.5, 0.6) is 0 Å². The van der Waals surface area contributed by atoms with E-state index in [1.54, 1.807) is 12.4 Å². The first-order valence-electron chi connectivity index (χ1n) is 5.14. The lowest BCUT2D eigenvalue weighted by Gasteiger charge is -2.28. The summed E-state index contributed by atoms with van der Waals surface area (Å²) in [5, 5.41) is 3.22. The van der Waals surface area contributed by atoms with Crippen LogP contribution in [0.25, 0.3) is 5.57 Å². The molecule has 1 aromatic heterocycles. The molecule has 16 heavy (non-hydrogen) atoms. The van der Waals surface area contributed by atoms with Crippen molar-refractivity contribution < 1.29 is 0 Å². The van der Waals surface area contributed by atoms with Crippen LogP contribution >= 0.6 is 0 Å². The molecule has 1 aliphatic heterocycles. The van der Waals surface area contributed by atoms with Gasteiger partial charge in [0.15, 0.2) is 0 Å². The van der Waals surface area contributed by atoms with E-state index in [4.69, 9.17) is 0 Å². The molecule has 2 rings (SSSR count). The highest BCUT2D eigenvalue weighted by Crippen LogP contribution is 2.24. The van der Waals surface area contributed by atoms with Gasteiger partial charge in [-0.1, -0.05) is 12.2 Å². The van der Waals surface area contributed by atoms with Crippen LogP contribution < -0.4 is 5.32 Å². The van der Waals surface area contributed by atoms with Gasteiger partial charge in [-0.25, -0.2) is 0 Å². The highest BCUT2D eigenvalue weighted by Gasteiger charge is 2.20. The fourth-order valence-electron chi connectivity index (χ4n) is 1.67. The Kier molecular flexibility index (Phi) is 2.73. The smallest absolute Gasteiger partial charge is 0.0926 e. The van der Waals surface area contributed by atoms with Gasteiger partial charge in [0, 0.05) is 12.4 Å². The van der Waals surface area contributed by atoms with E-state index in [1.165, 1.54) is 0 Å². The lowest BCUT2D eigenvalue weighted by molar-refractivity contribution is 0.684. The number of dihydropyridines is 1. The van der Waals surface area contributed by atoms with E-state index >= 15 is 0 Å². The third kappa shape index (κ3) is 1.82. The molecule has 0 fully saturated rings. The minimum Gasteiger partial charge on any atom is -0.375 e. The normalized spacial score (nSPS) is 17.1. The Morgan fingerprint density at radius 3 is 2.50 bits per heavy atom. The molecule has 0 atom stereocenters. The lowest BCUT2D eigenvalue weighted by atomic mass is 9.91. The van der Waals surface area contributed by atoms with Gasteiger partial charge < -0.3 is 5.32 Å². The molecule has 0 saturated heterocycles. The number of hydrogen-bond donors (Lipinski definition) is 1. The van der Waals surface area contributed by atoms with Crippen LogP contribution in [-0.4, -0.2) is 10.5 Å². The molecule has 0 bridgehead atoms. The molecule has 0 aliphatic carbocycles. The molecule has 2 nitrogen and oxygen atoms in total. The van der Waals surface area contributed by atoms with Gasteiger partial charge in [0.2, 0.25) is 0 Å². The van der Waals surface area contributed by atoms with Crippen LogP contribution in [0.1, 0.15) is 5.56 Å². The molecule has 2 heterocycles. The van der Waals surface area contributed by atoms with Crippen LogP contribution in [0, 0.1) is 0 Å². The molecule has 1 N–H and O–H groups in total. The maximum atomic E-state index is 4.01. The van der Waals surface area contributed by atoms with E-state index in [2.05, 4.69) is 29.5 Å². The van der Waals surface area contributed by atoms with E-state index in [1.807, 2.05) is 36.6 Å². The number of pyridine rings is 1. The topological polar surface area (TPSA) is 24.9 Å². The summed E-state index contributed by atoms with van der Waals surface area (Å²) in [7, 11) is 0. The number of nitrogens with zero attached hydrogens (tertiary/aromatic N) is 1. The minimum absolute atomic E-state index is 0.354. The standard InChI is InChI=1S/C14H14N2/c1-3-14(4-2)11-13(7-10-16-14)12-5-8-15-9-6-12/h3-11,16H,1-2H2. The second-order valence-electron chi connectivity index (χ2n) is 3.65. The second-order valence-corrected chi connectivity index (χ2v) is 3.65. The average molecular weight is 210 g/mol. The molecule has 0 radical (unpaired) electrons. The van der Waals surface area contributed by atoms with E-state index in [0.29, 0.717) is 0 Å². The van der Waals surface area contributed by atoms with Gasteiger partial charge in [0.1, 0.15) is 0 Å². The number of nitrogens with one attached hydrogen (secondary N) is 1. The van der Waals surface area contributed by atoms with Gasteiger partial charge in [-0.3, -0.25) is 4.98 Å². The molecular weight excluding hydrogens is 196 g/mol. The summed E-state index contributed by atoms with van der Waals surface area (Å²) in [5.41, 5.74) is 1.93. The number of allylic oxidation sites excluding steroid dienone is 2. The molecule has 0 saturated carbocycles. The number of hydrogen-bond acceptors (Lipinski definition) is 2. The highest BCUT2D eigenvalue weighted by molar-refractivity contribution is 5.76. The lowest BCUT2D eigenvalue weighted by Crippen LogP contribution is -2.37. The van der Waals surface area contributed by atoms with E-state index in [9.17, 15) is 0 Å². The third-order valence-corrected chi connectivity index (χ3v) is 2.68. The van der Waals surface area contributed by atoms with Crippen molar-refractivity contribution in [2.75, 3.05) is 0 Å². The number of rotatable bonds is 3. The molecular formula is C14H14N2. The van der Waals surface area contributed by atoms with Crippen molar-refractivity contribution in [3.63, 3.8) is 0 Å². The maximum Gasteiger partial charge on any atom is 0.0926 e. The van der Waals surface area contributed by atoms with Gasteiger partial charge in [0.25, 0.3) is 0 Å². The SMILES string of the molecule is C=CC1(C=C)C=C(c2ccncc2)C=CN1. The van der Waals surface area contributed by atoms with Crippen LogP contribution in [-0.2, 0) is 0 Å². The molecule has 0 aromatic carbocycles. The van der Waals surface area contributed by atoms with Crippen molar-refractivity contribution in [3.8, 4) is 0 Å². The van der Waals surface area contributed by atoms with Crippen molar-refractivity contribution in [2.24, 2.45) is 0 Å². The summed E-state index contributed by atoms with van der Waals surface area (Å²) in [6, 6.07) is 3.97. The minimum atomic E-state index is -0.354. The Hall–Kier alpha value is -2.09. The van der Waals surface area contributed by atoms with E-state index in [0.717, 1.165) is 11.1 Å². The molecule has 2 heteroatoms. The Balaban J connectivity index is 2.42. The molecule has 0 unspecified atom stereocenters. The monoisotopic (exact) mass is 210 g/mol. The van der Waals surface area contributed by atoms with Crippen molar-refractivity contribution in [1.29, 1.82) is 0 Å². The van der Waals surface area contributed by atoms with Crippen LogP contribution in [0.3, 0.4) is 0 Å². The first-order valence-corrected chi connectivity index (χ1v) is 5.14. The summed E-state index contributed by atoms with van der Waals surface area (Å²) in [5.74, 6) is 0. The van der Waals surface area contributed by atoms with Gasteiger partial charge >= 0.3 is 0 Å². The van der Waals surface area contributed by atoms with Gasteiger partial charge in [-0.2, -0.15) is 0 Å². The summed E-state index contributed by atoms with van der Waals surface area (Å²) >= 11 is 0.